The molecule has 73 heavy (non-hydrogen) atoms. The highest BCUT2D eigenvalue weighted by Gasteiger charge is 2.42. The molecule has 2 aliphatic rings. The maximum atomic E-state index is 11.8. The van der Waals surface area contributed by atoms with Crippen LogP contribution in [0.1, 0.15) is 43.4 Å². The largest absolute Gasteiger partial charge is 0.490 e. The molecule has 1 unspecified atom stereocenters. The average molecular weight is 1000 g/mol. The van der Waals surface area contributed by atoms with E-state index in [0.717, 1.165) is 51.3 Å². The van der Waals surface area contributed by atoms with Gasteiger partial charge in [0.25, 0.3) is 0 Å². The Balaban J connectivity index is 1.51. The standard InChI is InChI=1S/C56H70N6O11/c1-7-54(63)72-24-9-18-56(5)47(46(41-59)55(73-56)45(39-57)40-58)14-12-44-13-17-50(53(38-44)71-35-30-64-6)62-22-28-69-51-36-42(3)10-15-48(51)60-19-25-66-33-34-68-27-21-61(20-26-67-32-31-65-8-2)49-16-11-43(4)37-52(49)70-29-23-62/h7,10-17,36-38,60H,1,8-9,18-35H2,2-6H3. The van der Waals surface area contributed by atoms with E-state index in [1.165, 1.54) is 0 Å². The summed E-state index contributed by atoms with van der Waals surface area (Å²) >= 11 is 0. The van der Waals surface area contributed by atoms with E-state index < -0.39 is 11.6 Å². The minimum absolute atomic E-state index is 0.0670. The van der Waals surface area contributed by atoms with Crippen molar-refractivity contribution >= 4 is 29.1 Å². The average Bonchev–Trinajstić information content (AvgIpc) is 3.67. The number of rotatable bonds is 19. The van der Waals surface area contributed by atoms with Gasteiger partial charge in [0, 0.05) is 45.0 Å². The van der Waals surface area contributed by atoms with Crippen molar-refractivity contribution in [2.45, 2.75) is 46.1 Å². The smallest absolute Gasteiger partial charge is 0.330 e. The molecule has 1 N–H and O–H groups in total. The fourth-order valence-corrected chi connectivity index (χ4v) is 8.07. The zero-order valence-corrected chi connectivity index (χ0v) is 43.0. The molecule has 2 heterocycles. The number of carbonyl (C=O) groups excluding carboxylic acids is 1. The number of hydrogen-bond acceptors (Lipinski definition) is 17. The number of esters is 1. The van der Waals surface area contributed by atoms with E-state index in [1.807, 2.05) is 81.5 Å². The predicted octanol–water partition coefficient (Wildman–Crippen LogP) is 8.04. The number of benzene rings is 3. The van der Waals surface area contributed by atoms with Crippen molar-refractivity contribution in [2.75, 3.05) is 141 Å². The Bertz CT molecular complexity index is 2490. The van der Waals surface area contributed by atoms with Gasteiger partial charge in [-0.05, 0) is 93.6 Å². The van der Waals surface area contributed by atoms with Gasteiger partial charge < -0.3 is 62.5 Å². The van der Waals surface area contributed by atoms with Crippen LogP contribution in [0.4, 0.5) is 17.1 Å². The lowest BCUT2D eigenvalue weighted by atomic mass is 9.88. The van der Waals surface area contributed by atoms with Gasteiger partial charge in [-0.25, -0.2) is 4.79 Å². The van der Waals surface area contributed by atoms with Gasteiger partial charge in [-0.15, -0.1) is 0 Å². The molecule has 0 saturated heterocycles. The Morgan fingerprint density at radius 1 is 0.808 bits per heavy atom. The van der Waals surface area contributed by atoms with E-state index in [2.05, 4.69) is 39.9 Å². The van der Waals surface area contributed by atoms with E-state index in [4.69, 9.17) is 47.4 Å². The number of aryl methyl sites for hydroxylation is 2. The van der Waals surface area contributed by atoms with Gasteiger partial charge in [0.2, 0.25) is 0 Å². The van der Waals surface area contributed by atoms with Crippen LogP contribution >= 0.6 is 0 Å². The molecule has 2 aliphatic heterocycles. The maximum absolute atomic E-state index is 11.8. The zero-order valence-electron chi connectivity index (χ0n) is 43.0. The topological polar surface area (TPSA) is 199 Å². The first kappa shape index (κ1) is 56.9. The first-order valence-electron chi connectivity index (χ1n) is 24.7. The van der Waals surface area contributed by atoms with Crippen molar-refractivity contribution in [3.8, 4) is 35.5 Å². The van der Waals surface area contributed by atoms with Crippen LogP contribution in [-0.4, -0.2) is 137 Å². The second kappa shape index (κ2) is 30.8. The summed E-state index contributed by atoms with van der Waals surface area (Å²) in [5.41, 5.74) is 4.47. The molecule has 0 saturated carbocycles. The SMILES string of the molecule is C=CC(=O)OCCCC1(C)OC(=C(C#N)C#N)C(C#N)=C1C=Cc1ccc(N2CCOc3cc(C)ccc3NCCOCCOCCN(CCOCCOCC)c3ccc(C)cc3OCC2)c(OCCOC)c1. The quantitative estimate of drug-likeness (QED) is 0.0523. The highest BCUT2D eigenvalue weighted by molar-refractivity contribution is 5.81. The molecule has 17 nitrogen and oxygen atoms in total. The van der Waals surface area contributed by atoms with Gasteiger partial charge in [-0.1, -0.05) is 36.9 Å². The molecule has 1 atom stereocenters. The van der Waals surface area contributed by atoms with Crippen LogP contribution in [0.5, 0.6) is 17.2 Å². The van der Waals surface area contributed by atoms with Crippen LogP contribution in [0.25, 0.3) is 6.08 Å². The highest BCUT2D eigenvalue weighted by atomic mass is 16.5. The van der Waals surface area contributed by atoms with Gasteiger partial charge in [0.1, 0.15) is 66.5 Å². The summed E-state index contributed by atoms with van der Waals surface area (Å²) in [6.45, 7) is 19.2. The molecular weight excluding hydrogens is 933 g/mol. The zero-order chi connectivity index (χ0) is 52.3. The van der Waals surface area contributed by atoms with Crippen LogP contribution in [0.15, 0.2) is 95.8 Å². The number of allylic oxidation sites excluding steroid dienone is 2. The monoisotopic (exact) mass is 1000 g/mol. The van der Waals surface area contributed by atoms with Gasteiger partial charge in [0.05, 0.1) is 89.6 Å². The Kier molecular flexibility index (Phi) is 24.0. The number of hydrogen-bond donors (Lipinski definition) is 1. The van der Waals surface area contributed by atoms with Gasteiger partial charge in [-0.2, -0.15) is 15.8 Å². The summed E-state index contributed by atoms with van der Waals surface area (Å²) in [5.74, 6) is 1.36. The molecule has 17 heteroatoms. The van der Waals surface area contributed by atoms with E-state index >= 15 is 0 Å². The van der Waals surface area contributed by atoms with E-state index in [9.17, 15) is 20.6 Å². The molecule has 0 bridgehead atoms. The Morgan fingerprint density at radius 2 is 1.52 bits per heavy atom. The van der Waals surface area contributed by atoms with Crippen molar-refractivity contribution in [2.24, 2.45) is 0 Å². The second-order valence-corrected chi connectivity index (χ2v) is 17.1. The van der Waals surface area contributed by atoms with Crippen LogP contribution < -0.4 is 29.3 Å². The first-order valence-corrected chi connectivity index (χ1v) is 24.7. The lowest BCUT2D eigenvalue weighted by Crippen LogP contribution is -2.34. The third-order valence-corrected chi connectivity index (χ3v) is 11.8. The van der Waals surface area contributed by atoms with Crippen molar-refractivity contribution in [1.29, 1.82) is 15.8 Å². The van der Waals surface area contributed by atoms with Gasteiger partial charge in [-0.3, -0.25) is 0 Å². The molecule has 0 aromatic heterocycles. The second-order valence-electron chi connectivity index (χ2n) is 17.1. The predicted molar refractivity (Wildman–Crippen MR) is 279 cm³/mol. The fraction of sp³-hybridized carbons (Fsp3) is 0.464. The van der Waals surface area contributed by atoms with Crippen molar-refractivity contribution in [1.82, 2.24) is 0 Å². The van der Waals surface area contributed by atoms with Gasteiger partial charge >= 0.3 is 5.97 Å². The summed E-state index contributed by atoms with van der Waals surface area (Å²) in [6.07, 6.45) is 5.33. The lowest BCUT2D eigenvalue weighted by Gasteiger charge is -2.29. The molecular formula is C56H70N6O11. The lowest BCUT2D eigenvalue weighted by molar-refractivity contribution is -0.138. The van der Waals surface area contributed by atoms with Crippen LogP contribution in [-0.2, 0) is 38.0 Å². The molecule has 5 rings (SSSR count). The summed E-state index contributed by atoms with van der Waals surface area (Å²) in [6, 6.07) is 24.0. The number of methoxy groups -OCH3 is 1. The van der Waals surface area contributed by atoms with Crippen LogP contribution in [0, 0.1) is 47.8 Å². The molecule has 3 aromatic rings. The van der Waals surface area contributed by atoms with Crippen molar-refractivity contribution in [3.05, 3.63) is 112 Å². The minimum atomic E-state index is -1.14. The fourth-order valence-electron chi connectivity index (χ4n) is 8.07. The number of carbonyl (C=O) groups is 1. The number of nitriles is 3. The first-order chi connectivity index (χ1) is 35.6. The number of nitrogens with one attached hydrogen (secondary N) is 1. The normalized spacial score (nSPS) is 17.0. The maximum Gasteiger partial charge on any atom is 0.330 e. The summed E-state index contributed by atoms with van der Waals surface area (Å²) < 4.78 is 60.0. The van der Waals surface area contributed by atoms with Crippen molar-refractivity contribution < 1.29 is 52.2 Å². The molecule has 0 fully saturated rings. The summed E-state index contributed by atoms with van der Waals surface area (Å²) in [4.78, 5) is 16.2. The van der Waals surface area contributed by atoms with E-state index in [1.54, 1.807) is 20.1 Å². The highest BCUT2D eigenvalue weighted by Crippen LogP contribution is 2.44. The third kappa shape index (κ3) is 17.6. The number of nitrogens with zero attached hydrogens (tertiary/aromatic N) is 5. The van der Waals surface area contributed by atoms with Crippen molar-refractivity contribution in [3.63, 3.8) is 0 Å². The van der Waals surface area contributed by atoms with Crippen LogP contribution in [0.3, 0.4) is 0 Å². The summed E-state index contributed by atoms with van der Waals surface area (Å²) in [5, 5.41) is 33.4. The summed E-state index contributed by atoms with van der Waals surface area (Å²) in [7, 11) is 1.61. The molecule has 3 aromatic carbocycles. The molecule has 0 amide bonds. The number of fused-ring (bicyclic) bond motifs is 2. The number of ether oxygens (including phenoxy) is 10. The van der Waals surface area contributed by atoms with Crippen LogP contribution in [0.2, 0.25) is 0 Å². The molecule has 390 valence electrons. The minimum Gasteiger partial charge on any atom is -0.490 e. The van der Waals surface area contributed by atoms with E-state index in [-0.39, 0.29) is 30.1 Å². The third-order valence-electron chi connectivity index (χ3n) is 11.8. The Morgan fingerprint density at radius 3 is 2.25 bits per heavy atom. The van der Waals surface area contributed by atoms with Gasteiger partial charge in [0.15, 0.2) is 11.3 Å². The Labute approximate surface area is 430 Å². The number of anilines is 3. The molecule has 0 radical (unpaired) electrons. The Hall–Kier alpha value is -7.04. The molecule has 0 spiro atoms. The van der Waals surface area contributed by atoms with E-state index in [0.29, 0.717) is 130 Å². The molecule has 0 aliphatic carbocycles.